The second-order valence-electron chi connectivity index (χ2n) is 2.83. The van der Waals surface area contributed by atoms with Crippen LogP contribution in [-0.4, -0.2) is 18.5 Å². The van der Waals surface area contributed by atoms with Crippen LogP contribution >= 0.6 is 0 Å². The van der Waals surface area contributed by atoms with Crippen molar-refractivity contribution in [1.29, 1.82) is 0 Å². The van der Waals surface area contributed by atoms with Crippen molar-refractivity contribution in [3.05, 3.63) is 30.3 Å². The third kappa shape index (κ3) is 8.74. The zero-order valence-electron chi connectivity index (χ0n) is 9.73. The van der Waals surface area contributed by atoms with Crippen LogP contribution in [0.2, 0.25) is 0 Å². The Labute approximate surface area is 95.2 Å². The number of esters is 2. The van der Waals surface area contributed by atoms with Crippen molar-refractivity contribution in [2.24, 2.45) is 0 Å². The Morgan fingerprint density at radius 2 is 1.62 bits per heavy atom. The fourth-order valence-corrected chi connectivity index (χ4v) is 0.858. The largest absolute Gasteiger partial charge is 0.466 e. The number of hydrogen-bond donors (Lipinski definition) is 0. The van der Waals surface area contributed by atoms with E-state index in [4.69, 9.17) is 4.74 Å². The van der Waals surface area contributed by atoms with E-state index in [1.807, 2.05) is 18.2 Å². The maximum Gasteiger partial charge on any atom is 0.308 e. The fourth-order valence-electron chi connectivity index (χ4n) is 0.858. The molecule has 0 aromatic heterocycles. The van der Waals surface area contributed by atoms with Crippen molar-refractivity contribution in [1.82, 2.24) is 0 Å². The molecule has 0 atom stereocenters. The number of benzene rings is 1. The van der Waals surface area contributed by atoms with Gasteiger partial charge in [-0.25, -0.2) is 0 Å². The van der Waals surface area contributed by atoms with E-state index in [-0.39, 0.29) is 11.9 Å². The van der Waals surface area contributed by atoms with Crippen LogP contribution in [0.15, 0.2) is 30.3 Å². The normalized spacial score (nSPS) is 8.44. The summed E-state index contributed by atoms with van der Waals surface area (Å²) in [4.78, 5) is 20.2. The summed E-state index contributed by atoms with van der Waals surface area (Å²) in [5, 5.41) is 0. The summed E-state index contributed by atoms with van der Waals surface area (Å²) in [7, 11) is 0. The Bertz CT molecular complexity index is 319. The Morgan fingerprint density at radius 1 is 1.06 bits per heavy atom. The minimum absolute atomic E-state index is 0.211. The summed E-state index contributed by atoms with van der Waals surface area (Å²) >= 11 is 0. The van der Waals surface area contributed by atoms with E-state index in [1.165, 1.54) is 13.8 Å². The Balaban J connectivity index is 0.000000325. The first-order valence-electron chi connectivity index (χ1n) is 4.93. The molecule has 0 aliphatic rings. The van der Waals surface area contributed by atoms with Crippen LogP contribution in [0.5, 0.6) is 5.75 Å². The number of carbonyl (C=O) groups is 2. The predicted molar refractivity (Wildman–Crippen MR) is 60.1 cm³/mol. The van der Waals surface area contributed by atoms with Crippen molar-refractivity contribution in [2.45, 2.75) is 20.8 Å². The van der Waals surface area contributed by atoms with E-state index in [9.17, 15) is 9.59 Å². The molecule has 0 bridgehead atoms. The molecule has 0 radical (unpaired) electrons. The van der Waals surface area contributed by atoms with Gasteiger partial charge < -0.3 is 9.47 Å². The molecule has 0 fully saturated rings. The second-order valence-corrected chi connectivity index (χ2v) is 2.83. The SMILES string of the molecule is CC(=O)Oc1ccccc1.CCOC(C)=O. The minimum atomic E-state index is -0.286. The molecular formula is C12H16O4. The highest BCUT2D eigenvalue weighted by atomic mass is 16.5. The van der Waals surface area contributed by atoms with Crippen molar-refractivity contribution in [3.63, 3.8) is 0 Å². The zero-order valence-corrected chi connectivity index (χ0v) is 9.73. The molecule has 0 N–H and O–H groups in total. The van der Waals surface area contributed by atoms with Crippen LogP contribution in [-0.2, 0) is 14.3 Å². The molecule has 4 heteroatoms. The molecule has 0 unspecified atom stereocenters. The standard InChI is InChI=1S/C8H8O2.C4H8O2/c1-7(9)10-8-5-3-2-4-6-8;1-3-6-4(2)5/h2-6H,1H3;3H2,1-2H3. The molecule has 0 saturated heterocycles. The third-order valence-electron chi connectivity index (χ3n) is 1.35. The van der Waals surface area contributed by atoms with Gasteiger partial charge in [-0.1, -0.05) is 18.2 Å². The lowest BCUT2D eigenvalue weighted by molar-refractivity contribution is -0.140. The van der Waals surface area contributed by atoms with Gasteiger partial charge in [0.05, 0.1) is 6.61 Å². The quantitative estimate of drug-likeness (QED) is 0.570. The molecule has 4 nitrogen and oxygen atoms in total. The van der Waals surface area contributed by atoms with E-state index in [2.05, 4.69) is 4.74 Å². The molecule has 0 spiro atoms. The number of carbonyl (C=O) groups excluding carboxylic acids is 2. The first-order valence-corrected chi connectivity index (χ1v) is 4.93. The smallest absolute Gasteiger partial charge is 0.308 e. The molecule has 1 rings (SSSR count). The van der Waals surface area contributed by atoms with Crippen LogP contribution in [0.25, 0.3) is 0 Å². The molecule has 16 heavy (non-hydrogen) atoms. The molecule has 0 aliphatic carbocycles. The molecule has 1 aromatic rings. The van der Waals surface area contributed by atoms with Gasteiger partial charge >= 0.3 is 11.9 Å². The number of ether oxygens (including phenoxy) is 2. The second kappa shape index (κ2) is 8.47. The lowest BCUT2D eigenvalue weighted by Gasteiger charge is -1.97. The summed E-state index contributed by atoms with van der Waals surface area (Å²) in [6.45, 7) is 5.03. The van der Waals surface area contributed by atoms with Gasteiger partial charge in [0.1, 0.15) is 5.75 Å². The van der Waals surface area contributed by atoms with Gasteiger partial charge in [0.2, 0.25) is 0 Å². The van der Waals surface area contributed by atoms with Gasteiger partial charge in [-0.15, -0.1) is 0 Å². The first kappa shape index (κ1) is 14.2. The number of para-hydroxylation sites is 1. The summed E-state index contributed by atoms with van der Waals surface area (Å²) in [5.74, 6) is 0.0960. The highest BCUT2D eigenvalue weighted by molar-refractivity contribution is 5.69. The van der Waals surface area contributed by atoms with E-state index < -0.39 is 0 Å². The zero-order chi connectivity index (χ0) is 12.4. The monoisotopic (exact) mass is 224 g/mol. The summed E-state index contributed by atoms with van der Waals surface area (Å²) in [5.41, 5.74) is 0. The van der Waals surface area contributed by atoms with Gasteiger partial charge in [-0.2, -0.15) is 0 Å². The number of hydrogen-bond acceptors (Lipinski definition) is 4. The molecule has 0 amide bonds. The summed E-state index contributed by atoms with van der Waals surface area (Å²) in [6, 6.07) is 8.98. The van der Waals surface area contributed by atoms with Crippen molar-refractivity contribution < 1.29 is 19.1 Å². The predicted octanol–water partition coefficient (Wildman–Crippen LogP) is 2.18. The summed E-state index contributed by atoms with van der Waals surface area (Å²) in [6.07, 6.45) is 0. The maximum absolute atomic E-state index is 10.4. The van der Waals surface area contributed by atoms with Gasteiger partial charge in [-0.3, -0.25) is 9.59 Å². The van der Waals surface area contributed by atoms with Crippen LogP contribution in [0.1, 0.15) is 20.8 Å². The molecule has 88 valence electrons. The van der Waals surface area contributed by atoms with Crippen LogP contribution < -0.4 is 4.74 Å². The van der Waals surface area contributed by atoms with E-state index in [0.717, 1.165) is 0 Å². The lowest BCUT2D eigenvalue weighted by Crippen LogP contribution is -2.00. The van der Waals surface area contributed by atoms with Crippen LogP contribution in [0.4, 0.5) is 0 Å². The molecule has 0 heterocycles. The average molecular weight is 224 g/mol. The molecule has 0 saturated carbocycles. The molecule has 0 aliphatic heterocycles. The van der Waals surface area contributed by atoms with Gasteiger partial charge in [0.15, 0.2) is 0 Å². The van der Waals surface area contributed by atoms with E-state index >= 15 is 0 Å². The highest BCUT2D eigenvalue weighted by Crippen LogP contribution is 2.07. The third-order valence-corrected chi connectivity index (χ3v) is 1.35. The fraction of sp³-hybridized carbons (Fsp3) is 0.333. The van der Waals surface area contributed by atoms with Crippen molar-refractivity contribution >= 4 is 11.9 Å². The van der Waals surface area contributed by atoms with Crippen molar-refractivity contribution in [3.8, 4) is 5.75 Å². The van der Waals surface area contributed by atoms with E-state index in [1.54, 1.807) is 19.1 Å². The van der Waals surface area contributed by atoms with Crippen LogP contribution in [0, 0.1) is 0 Å². The minimum Gasteiger partial charge on any atom is -0.466 e. The van der Waals surface area contributed by atoms with Crippen LogP contribution in [0.3, 0.4) is 0 Å². The van der Waals surface area contributed by atoms with Gasteiger partial charge in [-0.05, 0) is 19.1 Å². The summed E-state index contributed by atoms with van der Waals surface area (Å²) < 4.78 is 9.18. The highest BCUT2D eigenvalue weighted by Gasteiger charge is 1.92. The molecular weight excluding hydrogens is 208 g/mol. The number of rotatable bonds is 2. The van der Waals surface area contributed by atoms with Gasteiger partial charge in [0, 0.05) is 13.8 Å². The molecule has 1 aromatic carbocycles. The Morgan fingerprint density at radius 3 is 1.94 bits per heavy atom. The first-order chi connectivity index (χ1) is 7.56. The average Bonchev–Trinajstić information content (AvgIpc) is 2.18. The Kier molecular flexibility index (Phi) is 7.49. The maximum atomic E-state index is 10.4. The van der Waals surface area contributed by atoms with Crippen molar-refractivity contribution in [2.75, 3.05) is 6.61 Å². The Hall–Kier alpha value is -1.84. The van der Waals surface area contributed by atoms with Gasteiger partial charge in [0.25, 0.3) is 0 Å². The lowest BCUT2D eigenvalue weighted by atomic mass is 10.3. The van der Waals surface area contributed by atoms with E-state index in [0.29, 0.717) is 12.4 Å². The topological polar surface area (TPSA) is 52.6 Å².